The number of rotatable bonds is 8. The third-order valence-electron chi connectivity index (χ3n) is 5.23. The van der Waals surface area contributed by atoms with Gasteiger partial charge >= 0.3 is 0 Å². The summed E-state index contributed by atoms with van der Waals surface area (Å²) in [7, 11) is 0. The zero-order valence-electron chi connectivity index (χ0n) is 16.7. The molecular weight excluding hydrogens is 392 g/mol. The van der Waals surface area contributed by atoms with E-state index in [-0.39, 0.29) is 11.8 Å². The molecule has 5 heteroatoms. The van der Waals surface area contributed by atoms with E-state index in [1.807, 2.05) is 72.8 Å². The van der Waals surface area contributed by atoms with Gasteiger partial charge in [-0.25, -0.2) is 0 Å². The van der Waals surface area contributed by atoms with Crippen LogP contribution in [0.5, 0.6) is 0 Å². The van der Waals surface area contributed by atoms with E-state index < -0.39 is 6.04 Å². The summed E-state index contributed by atoms with van der Waals surface area (Å²) in [5, 5.41) is 3.03. The van der Waals surface area contributed by atoms with Crippen molar-refractivity contribution in [3.8, 4) is 0 Å². The molecule has 1 unspecified atom stereocenters. The standard InChI is InChI=1S/C25H24N2O2S/c28-24(26-15-19-9-3-1-4-10-19)23(18-30-17-20-11-5-2-6-12-20)27-16-21-13-7-8-14-22(21)25(27)29/h1-14,23H,15-18H2,(H,26,28). The third kappa shape index (κ3) is 4.74. The van der Waals surface area contributed by atoms with Gasteiger partial charge in [0.2, 0.25) is 5.91 Å². The number of nitrogens with zero attached hydrogens (tertiary/aromatic N) is 1. The fourth-order valence-corrected chi connectivity index (χ4v) is 4.70. The lowest BCUT2D eigenvalue weighted by atomic mass is 10.1. The second-order valence-electron chi connectivity index (χ2n) is 7.31. The molecule has 3 aromatic rings. The van der Waals surface area contributed by atoms with Crippen LogP contribution in [0.1, 0.15) is 27.0 Å². The van der Waals surface area contributed by atoms with Gasteiger partial charge in [-0.1, -0.05) is 78.9 Å². The minimum Gasteiger partial charge on any atom is -0.350 e. The van der Waals surface area contributed by atoms with E-state index >= 15 is 0 Å². The highest BCUT2D eigenvalue weighted by atomic mass is 32.2. The van der Waals surface area contributed by atoms with E-state index in [0.29, 0.717) is 24.4 Å². The number of carbonyl (C=O) groups is 2. The van der Waals surface area contributed by atoms with Crippen molar-refractivity contribution >= 4 is 23.6 Å². The average molecular weight is 417 g/mol. The Bertz CT molecular complexity index is 1010. The van der Waals surface area contributed by atoms with Crippen LogP contribution < -0.4 is 5.32 Å². The van der Waals surface area contributed by atoms with Crippen molar-refractivity contribution in [1.82, 2.24) is 10.2 Å². The highest BCUT2D eigenvalue weighted by Crippen LogP contribution is 2.26. The molecule has 0 radical (unpaired) electrons. The highest BCUT2D eigenvalue weighted by molar-refractivity contribution is 7.98. The summed E-state index contributed by atoms with van der Waals surface area (Å²) in [6.45, 7) is 0.929. The number of fused-ring (bicyclic) bond motifs is 1. The van der Waals surface area contributed by atoms with Crippen LogP contribution in [-0.2, 0) is 23.6 Å². The van der Waals surface area contributed by atoms with Crippen molar-refractivity contribution in [3.63, 3.8) is 0 Å². The van der Waals surface area contributed by atoms with E-state index in [1.165, 1.54) is 5.56 Å². The summed E-state index contributed by atoms with van der Waals surface area (Å²) in [4.78, 5) is 27.8. The van der Waals surface area contributed by atoms with Crippen LogP contribution in [0.15, 0.2) is 84.9 Å². The van der Waals surface area contributed by atoms with Gasteiger partial charge < -0.3 is 10.2 Å². The minimum atomic E-state index is -0.512. The highest BCUT2D eigenvalue weighted by Gasteiger charge is 2.36. The number of hydrogen-bond donors (Lipinski definition) is 1. The van der Waals surface area contributed by atoms with Crippen LogP contribution in [0.3, 0.4) is 0 Å². The number of amides is 2. The van der Waals surface area contributed by atoms with Crippen LogP contribution >= 0.6 is 11.8 Å². The van der Waals surface area contributed by atoms with Crippen molar-refractivity contribution in [2.24, 2.45) is 0 Å². The molecule has 0 spiro atoms. The van der Waals surface area contributed by atoms with E-state index in [1.54, 1.807) is 16.7 Å². The molecule has 30 heavy (non-hydrogen) atoms. The van der Waals surface area contributed by atoms with E-state index in [4.69, 9.17) is 0 Å². The van der Waals surface area contributed by atoms with Crippen molar-refractivity contribution in [3.05, 3.63) is 107 Å². The smallest absolute Gasteiger partial charge is 0.255 e. The van der Waals surface area contributed by atoms with Crippen molar-refractivity contribution in [2.75, 3.05) is 5.75 Å². The molecule has 1 heterocycles. The molecule has 3 aromatic carbocycles. The van der Waals surface area contributed by atoms with Gasteiger partial charge in [0.1, 0.15) is 6.04 Å². The first-order valence-corrected chi connectivity index (χ1v) is 11.2. The summed E-state index contributed by atoms with van der Waals surface area (Å²) >= 11 is 1.68. The number of carbonyl (C=O) groups excluding carboxylic acids is 2. The summed E-state index contributed by atoms with van der Waals surface area (Å²) in [5.74, 6) is 1.18. The molecule has 4 rings (SSSR count). The third-order valence-corrected chi connectivity index (χ3v) is 6.31. The molecule has 152 valence electrons. The Morgan fingerprint density at radius 1 is 0.900 bits per heavy atom. The number of thioether (sulfide) groups is 1. The van der Waals surface area contributed by atoms with Crippen LogP contribution in [0, 0.1) is 0 Å². The van der Waals surface area contributed by atoms with Crippen LogP contribution in [-0.4, -0.2) is 28.5 Å². The molecule has 0 aliphatic carbocycles. The van der Waals surface area contributed by atoms with Gasteiger partial charge in [0.05, 0.1) is 0 Å². The van der Waals surface area contributed by atoms with Gasteiger partial charge in [0.25, 0.3) is 5.91 Å². The zero-order chi connectivity index (χ0) is 20.8. The second-order valence-corrected chi connectivity index (χ2v) is 8.34. The molecule has 4 nitrogen and oxygen atoms in total. The monoisotopic (exact) mass is 416 g/mol. The largest absolute Gasteiger partial charge is 0.350 e. The van der Waals surface area contributed by atoms with Crippen LogP contribution in [0.4, 0.5) is 0 Å². The molecule has 0 saturated heterocycles. The van der Waals surface area contributed by atoms with Crippen molar-refractivity contribution < 1.29 is 9.59 Å². The molecule has 0 saturated carbocycles. The van der Waals surface area contributed by atoms with Gasteiger partial charge in [-0.05, 0) is 22.8 Å². The summed E-state index contributed by atoms with van der Waals surface area (Å²) in [6, 6.07) is 27.1. The van der Waals surface area contributed by atoms with E-state index in [2.05, 4.69) is 17.4 Å². The maximum absolute atomic E-state index is 13.1. The lowest BCUT2D eigenvalue weighted by molar-refractivity contribution is -0.125. The van der Waals surface area contributed by atoms with E-state index in [9.17, 15) is 9.59 Å². The van der Waals surface area contributed by atoms with Gasteiger partial charge in [0, 0.05) is 30.2 Å². The first-order valence-electron chi connectivity index (χ1n) is 10.0. The Morgan fingerprint density at radius 2 is 1.53 bits per heavy atom. The van der Waals surface area contributed by atoms with Gasteiger partial charge in [-0.3, -0.25) is 9.59 Å². The molecule has 1 N–H and O–H groups in total. The SMILES string of the molecule is O=C(NCc1ccccc1)C(CSCc1ccccc1)N1Cc2ccccc2C1=O. The van der Waals surface area contributed by atoms with Crippen molar-refractivity contribution in [1.29, 1.82) is 0 Å². The molecule has 0 fully saturated rings. The fraction of sp³-hybridized carbons (Fsp3) is 0.200. The topological polar surface area (TPSA) is 49.4 Å². The first-order chi connectivity index (χ1) is 14.7. The Kier molecular flexibility index (Phi) is 6.50. The molecule has 2 amide bonds. The average Bonchev–Trinajstić information content (AvgIpc) is 3.13. The van der Waals surface area contributed by atoms with Crippen LogP contribution in [0.25, 0.3) is 0 Å². The number of nitrogens with one attached hydrogen (secondary N) is 1. The molecule has 1 atom stereocenters. The van der Waals surface area contributed by atoms with Crippen LogP contribution in [0.2, 0.25) is 0 Å². The maximum Gasteiger partial charge on any atom is 0.255 e. The predicted molar refractivity (Wildman–Crippen MR) is 121 cm³/mol. The first kappa shape index (κ1) is 20.2. The van der Waals surface area contributed by atoms with Gasteiger partial charge in [-0.15, -0.1) is 0 Å². The normalized spacial score (nSPS) is 13.7. The molecular formula is C25H24N2O2S. The number of hydrogen-bond acceptors (Lipinski definition) is 3. The second kappa shape index (κ2) is 9.63. The molecule has 1 aliphatic rings. The summed E-state index contributed by atoms with van der Waals surface area (Å²) in [6.07, 6.45) is 0. The molecule has 0 aromatic heterocycles. The lowest BCUT2D eigenvalue weighted by Crippen LogP contribution is -2.48. The quantitative estimate of drug-likeness (QED) is 0.597. The van der Waals surface area contributed by atoms with Gasteiger partial charge in [0.15, 0.2) is 0 Å². The molecule has 0 bridgehead atoms. The Labute approximate surface area is 181 Å². The van der Waals surface area contributed by atoms with Crippen molar-refractivity contribution in [2.45, 2.75) is 24.9 Å². The Balaban J connectivity index is 1.46. The minimum absolute atomic E-state index is 0.0641. The Morgan fingerprint density at radius 3 is 2.23 bits per heavy atom. The summed E-state index contributed by atoms with van der Waals surface area (Å²) < 4.78 is 0. The Hall–Kier alpha value is -3.05. The predicted octanol–water partition coefficient (Wildman–Crippen LogP) is 4.26. The van der Waals surface area contributed by atoms with Gasteiger partial charge in [-0.2, -0.15) is 11.8 Å². The zero-order valence-corrected chi connectivity index (χ0v) is 17.5. The lowest BCUT2D eigenvalue weighted by Gasteiger charge is -2.27. The summed E-state index contributed by atoms with van der Waals surface area (Å²) in [5.41, 5.74) is 3.93. The maximum atomic E-state index is 13.1. The fourth-order valence-electron chi connectivity index (χ4n) is 3.60. The van der Waals surface area contributed by atoms with E-state index in [0.717, 1.165) is 16.9 Å². The molecule has 1 aliphatic heterocycles. The number of benzene rings is 3.